The van der Waals surface area contributed by atoms with E-state index in [1.54, 1.807) is 19.1 Å². The fourth-order valence-electron chi connectivity index (χ4n) is 5.08. The number of allylic oxidation sites excluding steroid dienone is 2. The normalized spacial score (nSPS) is 13.4. The SMILES string of the molecule is COC(=O)c1cc(OC)cc(O)c1C(=O)c1c(O)cc(C)c(C2=CC(C)(C)Oc3c(CC=C(C)C)cc(O)cc32)c1O. The molecule has 0 aliphatic carbocycles. The number of rotatable bonds is 7. The number of hydrogen-bond donors (Lipinski definition) is 4. The first kappa shape index (κ1) is 30.0. The average molecular weight is 575 g/mol. The van der Waals surface area contributed by atoms with E-state index in [9.17, 15) is 30.0 Å². The molecule has 4 N–H and O–H groups in total. The van der Waals surface area contributed by atoms with Crippen molar-refractivity contribution >= 4 is 17.3 Å². The minimum Gasteiger partial charge on any atom is -0.508 e. The van der Waals surface area contributed by atoms with E-state index in [4.69, 9.17) is 14.2 Å². The molecule has 9 nitrogen and oxygen atoms in total. The molecular formula is C33H34O9. The van der Waals surface area contributed by atoms with Crippen molar-refractivity contribution in [2.45, 2.75) is 46.6 Å². The van der Waals surface area contributed by atoms with Gasteiger partial charge in [-0.2, -0.15) is 0 Å². The summed E-state index contributed by atoms with van der Waals surface area (Å²) in [6.45, 7) is 9.26. The van der Waals surface area contributed by atoms with E-state index in [0.29, 0.717) is 28.9 Å². The molecule has 9 heteroatoms. The number of ketones is 1. The highest BCUT2D eigenvalue weighted by atomic mass is 16.5. The minimum atomic E-state index is -1.01. The van der Waals surface area contributed by atoms with Gasteiger partial charge in [0.05, 0.1) is 25.3 Å². The maximum Gasteiger partial charge on any atom is 0.338 e. The zero-order valence-electron chi connectivity index (χ0n) is 24.6. The molecule has 3 aromatic rings. The van der Waals surface area contributed by atoms with Crippen molar-refractivity contribution in [1.82, 2.24) is 0 Å². The molecule has 0 fully saturated rings. The van der Waals surface area contributed by atoms with E-state index in [1.807, 2.05) is 33.8 Å². The van der Waals surface area contributed by atoms with Crippen LogP contribution in [0.25, 0.3) is 5.57 Å². The lowest BCUT2D eigenvalue weighted by atomic mass is 9.83. The number of fused-ring (bicyclic) bond motifs is 1. The third-order valence-electron chi connectivity index (χ3n) is 6.96. The zero-order chi connectivity index (χ0) is 31.1. The summed E-state index contributed by atoms with van der Waals surface area (Å²) in [4.78, 5) is 26.5. The molecule has 220 valence electrons. The highest BCUT2D eigenvalue weighted by Gasteiger charge is 2.35. The number of methoxy groups -OCH3 is 2. The maximum atomic E-state index is 13.9. The Balaban J connectivity index is 2.00. The number of hydrogen-bond acceptors (Lipinski definition) is 9. The van der Waals surface area contributed by atoms with Crippen LogP contribution in [0.1, 0.15) is 76.2 Å². The van der Waals surface area contributed by atoms with E-state index < -0.39 is 45.7 Å². The lowest BCUT2D eigenvalue weighted by Crippen LogP contribution is -2.30. The first-order valence-electron chi connectivity index (χ1n) is 13.2. The van der Waals surface area contributed by atoms with E-state index in [1.165, 1.54) is 25.3 Å². The standard InChI is InChI=1S/C33H34O9/c1-16(2)8-9-18-11-19(34)12-21-23(15-33(4,5)42-31(18)21)26-17(3)10-24(35)28(29(26)37)30(38)27-22(32(39)41-7)13-20(40-6)14-25(27)36/h8,10-15,34-37H,9H2,1-7H3. The van der Waals surface area contributed by atoms with Crippen LogP contribution >= 0.6 is 0 Å². The van der Waals surface area contributed by atoms with Gasteiger partial charge in [-0.3, -0.25) is 4.79 Å². The van der Waals surface area contributed by atoms with Crippen molar-refractivity contribution in [2.75, 3.05) is 14.2 Å². The first-order valence-corrected chi connectivity index (χ1v) is 13.2. The van der Waals surface area contributed by atoms with Gasteiger partial charge in [0.2, 0.25) is 5.78 Å². The number of phenolic OH excluding ortho intramolecular Hbond substituents is 4. The molecular weight excluding hydrogens is 540 g/mol. The van der Waals surface area contributed by atoms with Crippen molar-refractivity contribution in [3.8, 4) is 34.5 Å². The summed E-state index contributed by atoms with van der Waals surface area (Å²) in [6.07, 6.45) is 4.25. The summed E-state index contributed by atoms with van der Waals surface area (Å²) in [6, 6.07) is 6.81. The van der Waals surface area contributed by atoms with Crippen LogP contribution in [0.2, 0.25) is 0 Å². The van der Waals surface area contributed by atoms with Gasteiger partial charge in [-0.15, -0.1) is 0 Å². The second-order valence-electron chi connectivity index (χ2n) is 10.9. The monoisotopic (exact) mass is 574 g/mol. The maximum absolute atomic E-state index is 13.9. The van der Waals surface area contributed by atoms with Gasteiger partial charge in [-0.1, -0.05) is 11.6 Å². The van der Waals surface area contributed by atoms with Gasteiger partial charge in [0, 0.05) is 22.8 Å². The van der Waals surface area contributed by atoms with Crippen molar-refractivity contribution < 1.29 is 44.2 Å². The van der Waals surface area contributed by atoms with Crippen LogP contribution in [0, 0.1) is 6.92 Å². The molecule has 1 aliphatic rings. The molecule has 42 heavy (non-hydrogen) atoms. The molecule has 1 aliphatic heterocycles. The van der Waals surface area contributed by atoms with Gasteiger partial charge in [0.15, 0.2) is 0 Å². The van der Waals surface area contributed by atoms with Gasteiger partial charge < -0.3 is 34.6 Å². The minimum absolute atomic E-state index is 0.0155. The Kier molecular flexibility index (Phi) is 7.98. The van der Waals surface area contributed by atoms with E-state index in [-0.39, 0.29) is 22.6 Å². The molecule has 0 spiro atoms. The largest absolute Gasteiger partial charge is 0.508 e. The number of aromatic hydroxyl groups is 4. The number of esters is 1. The van der Waals surface area contributed by atoms with Crippen LogP contribution in [0.5, 0.6) is 34.5 Å². The van der Waals surface area contributed by atoms with Crippen LogP contribution in [0.4, 0.5) is 0 Å². The zero-order valence-corrected chi connectivity index (χ0v) is 24.6. The topological polar surface area (TPSA) is 143 Å². The summed E-state index contributed by atoms with van der Waals surface area (Å²) < 4.78 is 16.2. The fourth-order valence-corrected chi connectivity index (χ4v) is 5.08. The molecule has 0 radical (unpaired) electrons. The van der Waals surface area contributed by atoms with Crippen LogP contribution in [-0.2, 0) is 11.2 Å². The van der Waals surface area contributed by atoms with E-state index in [0.717, 1.165) is 24.3 Å². The van der Waals surface area contributed by atoms with Gasteiger partial charge in [0.1, 0.15) is 45.7 Å². The van der Waals surface area contributed by atoms with Crippen LogP contribution < -0.4 is 9.47 Å². The van der Waals surface area contributed by atoms with Crippen molar-refractivity contribution in [3.63, 3.8) is 0 Å². The summed E-state index contributed by atoms with van der Waals surface area (Å²) in [5.41, 5.74) is 1.22. The molecule has 3 aromatic carbocycles. The molecule has 1 heterocycles. The third kappa shape index (κ3) is 5.50. The predicted octanol–water partition coefficient (Wildman–Crippen LogP) is 5.96. The Labute approximate surface area is 243 Å². The number of ether oxygens (including phenoxy) is 3. The summed E-state index contributed by atoms with van der Waals surface area (Å²) in [7, 11) is 2.44. The summed E-state index contributed by atoms with van der Waals surface area (Å²) in [5, 5.41) is 44.0. The Morgan fingerprint density at radius 2 is 1.62 bits per heavy atom. The molecule has 0 saturated heterocycles. The molecule has 0 saturated carbocycles. The van der Waals surface area contributed by atoms with Crippen LogP contribution in [0.15, 0.2) is 48.1 Å². The second kappa shape index (κ2) is 11.2. The van der Waals surface area contributed by atoms with Gasteiger partial charge in [-0.25, -0.2) is 4.79 Å². The summed E-state index contributed by atoms with van der Waals surface area (Å²) >= 11 is 0. The molecule has 0 atom stereocenters. The Bertz CT molecular complexity index is 1670. The predicted molar refractivity (Wildman–Crippen MR) is 157 cm³/mol. The number of benzene rings is 3. The highest BCUT2D eigenvalue weighted by Crippen LogP contribution is 2.49. The van der Waals surface area contributed by atoms with Gasteiger partial charge >= 0.3 is 5.97 Å². The van der Waals surface area contributed by atoms with Gasteiger partial charge in [0.25, 0.3) is 0 Å². The fraction of sp³-hybridized carbons (Fsp3) is 0.273. The average Bonchev–Trinajstić information content (AvgIpc) is 2.90. The second-order valence-corrected chi connectivity index (χ2v) is 10.9. The van der Waals surface area contributed by atoms with Gasteiger partial charge in [-0.05, 0) is 82.5 Å². The molecule has 0 unspecified atom stereocenters. The lowest BCUT2D eigenvalue weighted by Gasteiger charge is -2.33. The third-order valence-corrected chi connectivity index (χ3v) is 6.96. The Hall–Kier alpha value is -4.92. The molecule has 4 rings (SSSR count). The first-order chi connectivity index (χ1) is 19.7. The highest BCUT2D eigenvalue weighted by molar-refractivity contribution is 6.19. The van der Waals surface area contributed by atoms with Crippen molar-refractivity contribution in [1.29, 1.82) is 0 Å². The quantitative estimate of drug-likeness (QED) is 0.153. The van der Waals surface area contributed by atoms with E-state index in [2.05, 4.69) is 0 Å². The molecule has 0 bridgehead atoms. The van der Waals surface area contributed by atoms with E-state index >= 15 is 0 Å². The lowest BCUT2D eigenvalue weighted by molar-refractivity contribution is 0.0596. The Morgan fingerprint density at radius 3 is 2.24 bits per heavy atom. The number of carbonyl (C=O) groups excluding carboxylic acids is 2. The van der Waals surface area contributed by atoms with Crippen molar-refractivity contribution in [2.24, 2.45) is 0 Å². The molecule has 0 aromatic heterocycles. The van der Waals surface area contributed by atoms with Crippen LogP contribution in [0.3, 0.4) is 0 Å². The molecule has 0 amide bonds. The Morgan fingerprint density at radius 1 is 0.952 bits per heavy atom. The number of phenols is 4. The smallest absolute Gasteiger partial charge is 0.338 e. The van der Waals surface area contributed by atoms with Crippen molar-refractivity contribution in [3.05, 3.63) is 87.0 Å². The summed E-state index contributed by atoms with van der Waals surface area (Å²) in [5.74, 6) is -3.10. The number of carbonyl (C=O) groups is 2. The number of aryl methyl sites for hydroxylation is 1. The van der Waals surface area contributed by atoms with Crippen LogP contribution in [-0.4, -0.2) is 52.0 Å².